The molecule has 0 aliphatic carbocycles. The number of aliphatic hydroxyl groups is 1. The first-order valence-corrected chi connectivity index (χ1v) is 19.1. The Morgan fingerprint density at radius 1 is 0.942 bits per heavy atom. The number of carbonyl (C=O) groups is 2. The Balaban J connectivity index is 1.39. The van der Waals surface area contributed by atoms with Crippen molar-refractivity contribution < 1.29 is 23.1 Å². The highest BCUT2D eigenvalue weighted by atomic mass is 32.2. The lowest BCUT2D eigenvalue weighted by Crippen LogP contribution is -2.33. The van der Waals surface area contributed by atoms with E-state index >= 15 is 0 Å². The van der Waals surface area contributed by atoms with Crippen molar-refractivity contribution in [1.82, 2.24) is 23.7 Å². The van der Waals surface area contributed by atoms with Crippen molar-refractivity contribution in [3.63, 3.8) is 0 Å². The quantitative estimate of drug-likeness (QED) is 0.164. The van der Waals surface area contributed by atoms with Gasteiger partial charge in [-0.25, -0.2) is 22.4 Å². The van der Waals surface area contributed by atoms with E-state index in [1.165, 1.54) is 20.0 Å². The summed E-state index contributed by atoms with van der Waals surface area (Å²) in [7, 11) is -0.612. The summed E-state index contributed by atoms with van der Waals surface area (Å²) in [5.41, 5.74) is 8.45. The van der Waals surface area contributed by atoms with Gasteiger partial charge in [0, 0.05) is 69.5 Å². The van der Waals surface area contributed by atoms with E-state index < -0.39 is 15.6 Å². The predicted molar refractivity (Wildman–Crippen MR) is 204 cm³/mol. The van der Waals surface area contributed by atoms with E-state index in [1.807, 2.05) is 26.0 Å². The second-order valence-corrected chi connectivity index (χ2v) is 16.7. The molecule has 3 aromatic carbocycles. The lowest BCUT2D eigenvalue weighted by atomic mass is 9.91. The van der Waals surface area contributed by atoms with Gasteiger partial charge in [-0.05, 0) is 106 Å². The molecule has 52 heavy (non-hydrogen) atoms. The van der Waals surface area contributed by atoms with E-state index in [4.69, 9.17) is 9.97 Å². The first kappa shape index (κ1) is 37.1. The van der Waals surface area contributed by atoms with Crippen molar-refractivity contribution in [2.45, 2.75) is 77.3 Å². The van der Waals surface area contributed by atoms with Crippen molar-refractivity contribution in [2.24, 2.45) is 0 Å². The molecule has 11 heteroatoms. The molecule has 0 radical (unpaired) electrons. The van der Waals surface area contributed by atoms with Crippen LogP contribution < -0.4 is 0 Å². The standard InChI is InChI=1S/C41H47N5O5S/c1-26-8-11-33(12-9-26)52(50,51)46-25-36(29-10-13-35(28(3)20-29)40(48)44(6)7)38-39(46)42-23-37(43-38)30-21-27(2)34-16-19-45(24-31(34)22-30)18-15-32(47)14-17-41(4,5)49/h8-13,20-23,25,49H,14-19,24H2,1-7H3. The number of benzene rings is 3. The van der Waals surface area contributed by atoms with Crippen LogP contribution in [-0.4, -0.2) is 81.7 Å². The molecule has 1 aliphatic rings. The fourth-order valence-corrected chi connectivity index (χ4v) is 8.12. The second-order valence-electron chi connectivity index (χ2n) is 14.9. The maximum absolute atomic E-state index is 14.1. The topological polar surface area (TPSA) is 126 Å². The fourth-order valence-electron chi connectivity index (χ4n) is 6.80. The lowest BCUT2D eigenvalue weighted by molar-refractivity contribution is -0.120. The van der Waals surface area contributed by atoms with Gasteiger partial charge < -0.3 is 10.0 Å². The molecule has 0 spiro atoms. The summed E-state index contributed by atoms with van der Waals surface area (Å²) in [5.74, 6) is 0.0388. The number of Topliss-reactive ketones (excluding diaryl/α,β-unsaturated/α-hetero) is 1. The SMILES string of the molecule is Cc1ccc(S(=O)(=O)n2cc(-c3ccc(C(=O)N(C)C)c(C)c3)c3nc(-c4cc(C)c5c(c4)CN(CCC(=O)CCC(C)(C)O)CC5)cnc32)cc1. The Hall–Kier alpha value is -4.71. The summed E-state index contributed by atoms with van der Waals surface area (Å²) in [4.78, 5) is 39.2. The number of aromatic nitrogens is 3. The van der Waals surface area contributed by atoms with Crippen molar-refractivity contribution in [3.8, 4) is 22.4 Å². The number of rotatable bonds is 11. The second kappa shape index (κ2) is 14.4. The first-order valence-electron chi connectivity index (χ1n) is 17.6. The summed E-state index contributed by atoms with van der Waals surface area (Å²) in [6, 6.07) is 16.4. The molecule has 272 valence electrons. The lowest BCUT2D eigenvalue weighted by Gasteiger charge is -2.30. The maximum Gasteiger partial charge on any atom is 0.269 e. The minimum Gasteiger partial charge on any atom is -0.390 e. The molecule has 0 atom stereocenters. The van der Waals surface area contributed by atoms with Crippen molar-refractivity contribution in [2.75, 3.05) is 27.2 Å². The van der Waals surface area contributed by atoms with Crippen LogP contribution in [0.3, 0.4) is 0 Å². The van der Waals surface area contributed by atoms with Crippen LogP contribution in [0.2, 0.25) is 0 Å². The van der Waals surface area contributed by atoms with Crippen molar-refractivity contribution in [3.05, 3.63) is 100 Å². The van der Waals surface area contributed by atoms with Gasteiger partial charge in [0.25, 0.3) is 15.9 Å². The van der Waals surface area contributed by atoms with Gasteiger partial charge in [-0.2, -0.15) is 0 Å². The summed E-state index contributed by atoms with van der Waals surface area (Å²) in [6.07, 6.45) is 5.34. The van der Waals surface area contributed by atoms with Crippen molar-refractivity contribution >= 4 is 32.9 Å². The van der Waals surface area contributed by atoms with Crippen LogP contribution in [-0.2, 0) is 27.8 Å². The molecule has 1 amide bonds. The van der Waals surface area contributed by atoms with Crippen LogP contribution in [0.4, 0.5) is 0 Å². The van der Waals surface area contributed by atoms with Crippen LogP contribution in [0.15, 0.2) is 71.9 Å². The number of fused-ring (bicyclic) bond motifs is 2. The van der Waals surface area contributed by atoms with Crippen LogP contribution in [0.25, 0.3) is 33.5 Å². The highest BCUT2D eigenvalue weighted by molar-refractivity contribution is 7.90. The number of amides is 1. The average molecular weight is 722 g/mol. The molecule has 6 rings (SSSR count). The molecular formula is C41H47N5O5S. The third-order valence-corrected chi connectivity index (χ3v) is 11.5. The molecule has 3 heterocycles. The van der Waals surface area contributed by atoms with Crippen LogP contribution in [0.1, 0.15) is 71.3 Å². The summed E-state index contributed by atoms with van der Waals surface area (Å²) < 4.78 is 29.3. The molecule has 0 unspecified atom stereocenters. The third kappa shape index (κ3) is 7.72. The highest BCUT2D eigenvalue weighted by Crippen LogP contribution is 2.35. The van der Waals surface area contributed by atoms with Gasteiger partial charge >= 0.3 is 0 Å². The zero-order valence-corrected chi connectivity index (χ0v) is 31.8. The van der Waals surface area contributed by atoms with Crippen LogP contribution in [0, 0.1) is 20.8 Å². The number of ketones is 1. The number of hydrogen-bond donors (Lipinski definition) is 1. The van der Waals surface area contributed by atoms with E-state index in [9.17, 15) is 23.1 Å². The number of nitrogens with zero attached hydrogens (tertiary/aromatic N) is 5. The highest BCUT2D eigenvalue weighted by Gasteiger charge is 2.26. The monoisotopic (exact) mass is 721 g/mol. The smallest absolute Gasteiger partial charge is 0.269 e. The van der Waals surface area contributed by atoms with E-state index in [0.717, 1.165) is 40.8 Å². The van der Waals surface area contributed by atoms with Gasteiger partial charge in [-0.3, -0.25) is 14.5 Å². The van der Waals surface area contributed by atoms with E-state index in [-0.39, 0.29) is 22.2 Å². The van der Waals surface area contributed by atoms with Gasteiger partial charge in [0.1, 0.15) is 11.3 Å². The minimum absolute atomic E-state index is 0.116. The summed E-state index contributed by atoms with van der Waals surface area (Å²) in [5, 5.41) is 10.0. The van der Waals surface area contributed by atoms with Crippen LogP contribution >= 0.6 is 0 Å². The largest absolute Gasteiger partial charge is 0.390 e. The van der Waals surface area contributed by atoms with Gasteiger partial charge in [0.2, 0.25) is 0 Å². The van der Waals surface area contributed by atoms with E-state index in [0.29, 0.717) is 54.7 Å². The summed E-state index contributed by atoms with van der Waals surface area (Å²) in [6.45, 7) is 11.5. The molecule has 10 nitrogen and oxygen atoms in total. The number of hydrogen-bond acceptors (Lipinski definition) is 8. The molecule has 0 saturated heterocycles. The van der Waals surface area contributed by atoms with Gasteiger partial charge in [0.05, 0.1) is 22.4 Å². The third-order valence-electron chi connectivity index (χ3n) is 9.87. The molecular weight excluding hydrogens is 675 g/mol. The first-order chi connectivity index (χ1) is 24.5. The van der Waals surface area contributed by atoms with E-state index in [1.54, 1.807) is 70.7 Å². The molecule has 2 aromatic heterocycles. The Kier molecular flexibility index (Phi) is 10.2. The molecule has 1 N–H and O–H groups in total. The Labute approximate surface area is 306 Å². The van der Waals surface area contributed by atoms with Gasteiger partial charge in [-0.1, -0.05) is 29.8 Å². The molecule has 0 fully saturated rings. The fraction of sp³-hybridized carbons (Fsp3) is 0.366. The minimum atomic E-state index is -4.03. The molecule has 1 aliphatic heterocycles. The maximum atomic E-state index is 14.1. The number of carbonyl (C=O) groups excluding carboxylic acids is 2. The van der Waals surface area contributed by atoms with Crippen molar-refractivity contribution in [1.29, 1.82) is 0 Å². The van der Waals surface area contributed by atoms with Gasteiger partial charge in [0.15, 0.2) is 5.65 Å². The average Bonchev–Trinajstić information content (AvgIpc) is 3.49. The molecule has 0 bridgehead atoms. The molecule has 5 aromatic rings. The zero-order valence-electron chi connectivity index (χ0n) is 31.0. The molecule has 0 saturated carbocycles. The van der Waals surface area contributed by atoms with E-state index in [2.05, 4.69) is 24.0 Å². The Morgan fingerprint density at radius 3 is 2.33 bits per heavy atom. The Morgan fingerprint density at radius 2 is 1.65 bits per heavy atom. The normalized spacial score (nSPS) is 13.7. The number of aryl methyl sites for hydroxylation is 3. The predicted octanol–water partition coefficient (Wildman–Crippen LogP) is 6.50. The van der Waals surface area contributed by atoms with Crippen LogP contribution in [0.5, 0.6) is 0 Å². The van der Waals surface area contributed by atoms with Gasteiger partial charge in [-0.15, -0.1) is 0 Å². The zero-order chi connectivity index (χ0) is 37.5. The Bertz CT molecular complexity index is 2290. The summed E-state index contributed by atoms with van der Waals surface area (Å²) >= 11 is 0.